The van der Waals surface area contributed by atoms with Crippen LogP contribution in [0.2, 0.25) is 0 Å². The number of pyridine rings is 1. The number of nitrogens with one attached hydrogen (secondary N) is 2. The summed E-state index contributed by atoms with van der Waals surface area (Å²) in [6, 6.07) is 14.7. The van der Waals surface area contributed by atoms with Gasteiger partial charge in [0, 0.05) is 62.6 Å². The Morgan fingerprint density at radius 3 is 2.56 bits per heavy atom. The molecule has 0 bridgehead atoms. The summed E-state index contributed by atoms with van der Waals surface area (Å²) in [6.45, 7) is 2.70. The fourth-order valence-electron chi connectivity index (χ4n) is 8.93. The predicted molar refractivity (Wildman–Crippen MR) is 213 cm³/mol. The van der Waals surface area contributed by atoms with Crippen molar-refractivity contribution in [1.29, 1.82) is 5.26 Å². The number of anilines is 2. The van der Waals surface area contributed by atoms with Gasteiger partial charge in [-0.25, -0.2) is 4.52 Å². The summed E-state index contributed by atoms with van der Waals surface area (Å²) in [5.74, 6) is -1.12. The summed E-state index contributed by atoms with van der Waals surface area (Å²) in [6.07, 6.45) is 8.94. The third kappa shape index (κ3) is 6.70. The topological polar surface area (TPSA) is 182 Å². The van der Waals surface area contributed by atoms with Gasteiger partial charge in [-0.2, -0.15) is 10.4 Å². The summed E-state index contributed by atoms with van der Waals surface area (Å²) in [4.78, 5) is 61.2. The first-order chi connectivity index (χ1) is 27.7. The summed E-state index contributed by atoms with van der Waals surface area (Å²) in [5, 5.41) is 30.4. The van der Waals surface area contributed by atoms with E-state index < -0.39 is 23.8 Å². The van der Waals surface area contributed by atoms with Crippen LogP contribution in [0.15, 0.2) is 54.9 Å². The Hall–Kier alpha value is -6.05. The van der Waals surface area contributed by atoms with E-state index >= 15 is 0 Å². The van der Waals surface area contributed by atoms with E-state index in [0.717, 1.165) is 100 Å². The van der Waals surface area contributed by atoms with Crippen molar-refractivity contribution in [1.82, 2.24) is 39.9 Å². The number of nitriles is 1. The highest BCUT2D eigenvalue weighted by Gasteiger charge is 2.45. The van der Waals surface area contributed by atoms with Crippen LogP contribution in [0.5, 0.6) is 0 Å². The summed E-state index contributed by atoms with van der Waals surface area (Å²) >= 11 is 1.64. The van der Waals surface area contributed by atoms with Crippen LogP contribution in [0.4, 0.5) is 11.4 Å². The normalized spacial score (nSPS) is 22.4. The fourth-order valence-corrected chi connectivity index (χ4v) is 9.96. The lowest BCUT2D eigenvalue weighted by Gasteiger charge is -2.35. The van der Waals surface area contributed by atoms with Gasteiger partial charge in [0.05, 0.1) is 45.4 Å². The summed E-state index contributed by atoms with van der Waals surface area (Å²) in [5.41, 5.74) is 6.25. The van der Waals surface area contributed by atoms with Gasteiger partial charge >= 0.3 is 0 Å². The smallest absolute Gasteiger partial charge is 0.262 e. The molecule has 3 fully saturated rings. The molecule has 9 rings (SSSR count). The molecule has 57 heavy (non-hydrogen) atoms. The molecule has 4 aromatic heterocycles. The van der Waals surface area contributed by atoms with Crippen LogP contribution in [0, 0.1) is 17.2 Å². The second-order valence-corrected chi connectivity index (χ2v) is 16.5. The molecule has 1 unspecified atom stereocenters. The van der Waals surface area contributed by atoms with Gasteiger partial charge in [0.2, 0.25) is 11.8 Å². The quantitative estimate of drug-likeness (QED) is 0.197. The minimum atomic E-state index is -0.970. The van der Waals surface area contributed by atoms with E-state index in [0.29, 0.717) is 34.6 Å². The number of rotatable bonds is 9. The predicted octanol–water partition coefficient (Wildman–Crippen LogP) is 4.71. The lowest BCUT2D eigenvalue weighted by molar-refractivity contribution is -0.136. The number of carbonyl (C=O) groups excluding carboxylic acids is 4. The average Bonchev–Trinajstić information content (AvgIpc) is 4.05. The number of piperidine rings is 1. The molecular weight excluding hydrogens is 743 g/mol. The molecule has 0 radical (unpaired) electrons. The number of hydrogen-bond acceptors (Lipinski definition) is 13. The molecule has 5 aromatic rings. The highest BCUT2D eigenvalue weighted by Crippen LogP contribution is 2.40. The van der Waals surface area contributed by atoms with Crippen molar-refractivity contribution in [2.75, 3.05) is 43.9 Å². The highest BCUT2D eigenvalue weighted by molar-refractivity contribution is 7.14. The van der Waals surface area contributed by atoms with E-state index in [-0.39, 0.29) is 18.7 Å². The molecular formula is C41H41N11O4S. The molecule has 1 saturated carbocycles. The zero-order valence-corrected chi connectivity index (χ0v) is 32.5. The first-order valence-corrected chi connectivity index (χ1v) is 20.2. The van der Waals surface area contributed by atoms with Crippen LogP contribution < -0.4 is 15.5 Å². The van der Waals surface area contributed by atoms with Crippen LogP contribution >= 0.6 is 11.3 Å². The average molecular weight is 784 g/mol. The zero-order valence-electron chi connectivity index (χ0n) is 31.6. The first kappa shape index (κ1) is 36.6. The number of carbonyl (C=O) groups is 4. The van der Waals surface area contributed by atoms with E-state index in [9.17, 15) is 24.4 Å². The lowest BCUT2D eigenvalue weighted by Crippen LogP contribution is -2.54. The van der Waals surface area contributed by atoms with Crippen molar-refractivity contribution in [3.05, 3.63) is 76.6 Å². The molecule has 1 aromatic carbocycles. The van der Waals surface area contributed by atoms with Crippen LogP contribution in [-0.4, -0.2) is 104 Å². The lowest BCUT2D eigenvalue weighted by atomic mass is 9.85. The Morgan fingerprint density at radius 2 is 1.77 bits per heavy atom. The second kappa shape index (κ2) is 14.8. The summed E-state index contributed by atoms with van der Waals surface area (Å²) < 4.78 is 1.79. The van der Waals surface area contributed by atoms with Crippen molar-refractivity contribution in [3.63, 3.8) is 0 Å². The number of benzene rings is 1. The Kier molecular flexibility index (Phi) is 9.49. The van der Waals surface area contributed by atoms with Crippen molar-refractivity contribution in [2.45, 2.75) is 62.9 Å². The molecule has 2 saturated heterocycles. The van der Waals surface area contributed by atoms with Gasteiger partial charge in [0.1, 0.15) is 17.1 Å². The van der Waals surface area contributed by atoms with Gasteiger partial charge in [-0.05, 0) is 94.0 Å². The number of hydrogen-bond donors (Lipinski definition) is 2. The fraction of sp³-hybridized carbons (Fsp3) is 0.390. The van der Waals surface area contributed by atoms with E-state index in [1.54, 1.807) is 40.2 Å². The van der Waals surface area contributed by atoms with Crippen LogP contribution in [0.25, 0.3) is 27.5 Å². The van der Waals surface area contributed by atoms with E-state index in [1.165, 1.54) is 0 Å². The standard InChI is InChI=1S/C41H41N11O4S/c1-43-32-17-33(34-10-8-28-15-24(18-42)19-45-52(28)34)44-20-31(32)39-48-47-38(57-39)25-3-5-26(6-4-25)49(2)21-23-13-14-50(22-23)27-7-9-29-30(16-27)41(56)51(40(29)55)35-11-12-36(53)46-37(35)54/h7-10,15-17,19-20,23,25-26,35H,3-6,11-14,21-22H2,1-2H3,(H,43,44)(H,46,53,54)/t23-,25?,26?,35?/m0/s1. The molecule has 0 spiro atoms. The second-order valence-electron chi connectivity index (χ2n) is 15.4. The molecule has 1 aliphatic carbocycles. The van der Waals surface area contributed by atoms with Gasteiger partial charge < -0.3 is 15.1 Å². The third-order valence-corrected chi connectivity index (χ3v) is 13.1. The summed E-state index contributed by atoms with van der Waals surface area (Å²) in [7, 11) is 4.11. The molecule has 4 amide bonds. The SMILES string of the molecule is CNc1cc(-c2ccc3cc(C#N)cnn23)ncc1-c1nnc(C2CCC(N(C)C[C@@H]3CCN(c4ccc5c(c4)C(=O)N(C4CCC(=O)NC4=O)C5=O)C3)CC2)s1. The highest BCUT2D eigenvalue weighted by atomic mass is 32.1. The Balaban J connectivity index is 0.792. The van der Waals surface area contributed by atoms with Gasteiger partial charge in [0.25, 0.3) is 11.8 Å². The first-order valence-electron chi connectivity index (χ1n) is 19.4. The number of fused-ring (bicyclic) bond motifs is 2. The van der Waals surface area contributed by atoms with Gasteiger partial charge in [-0.1, -0.05) is 11.3 Å². The van der Waals surface area contributed by atoms with Crippen molar-refractivity contribution >= 4 is 51.9 Å². The molecule has 4 aliphatic rings. The van der Waals surface area contributed by atoms with E-state index in [4.69, 9.17) is 4.98 Å². The maximum atomic E-state index is 13.4. The van der Waals surface area contributed by atoms with E-state index in [2.05, 4.69) is 48.8 Å². The molecule has 7 heterocycles. The van der Waals surface area contributed by atoms with Crippen LogP contribution in [-0.2, 0) is 9.59 Å². The minimum absolute atomic E-state index is 0.0948. The monoisotopic (exact) mass is 783 g/mol. The molecule has 2 N–H and O–H groups in total. The van der Waals surface area contributed by atoms with Gasteiger partial charge in [-0.3, -0.25) is 34.4 Å². The van der Waals surface area contributed by atoms with Crippen molar-refractivity contribution in [2.24, 2.45) is 5.92 Å². The molecule has 2 atom stereocenters. The number of amides is 4. The van der Waals surface area contributed by atoms with Gasteiger partial charge in [0.15, 0.2) is 5.01 Å². The molecule has 16 heteroatoms. The molecule has 15 nitrogen and oxygen atoms in total. The maximum absolute atomic E-state index is 13.4. The Morgan fingerprint density at radius 1 is 0.947 bits per heavy atom. The van der Waals surface area contributed by atoms with Crippen molar-refractivity contribution < 1.29 is 19.2 Å². The number of nitrogens with zero attached hydrogens (tertiary/aromatic N) is 9. The zero-order chi connectivity index (χ0) is 39.4. The Labute approximate surface area is 332 Å². The number of imide groups is 2. The molecule has 290 valence electrons. The number of aromatic nitrogens is 5. The van der Waals surface area contributed by atoms with Gasteiger partial charge in [-0.15, -0.1) is 10.2 Å². The van der Waals surface area contributed by atoms with Crippen LogP contribution in [0.1, 0.15) is 82.2 Å². The maximum Gasteiger partial charge on any atom is 0.262 e. The molecule has 3 aliphatic heterocycles. The minimum Gasteiger partial charge on any atom is -0.387 e. The van der Waals surface area contributed by atoms with E-state index in [1.807, 2.05) is 37.5 Å². The largest absolute Gasteiger partial charge is 0.387 e. The Bertz CT molecular complexity index is 2480. The van der Waals surface area contributed by atoms with Crippen LogP contribution in [0.3, 0.4) is 0 Å². The third-order valence-electron chi connectivity index (χ3n) is 12.0. The van der Waals surface area contributed by atoms with Crippen molar-refractivity contribution in [3.8, 4) is 28.0 Å².